The highest BCUT2D eigenvalue weighted by molar-refractivity contribution is 9.09. The Balaban J connectivity index is 1.64. The molecule has 0 unspecified atom stereocenters. The van der Waals surface area contributed by atoms with E-state index in [1.54, 1.807) is 24.3 Å². The number of amides is 2. The minimum absolute atomic E-state index is 0.143. The molecule has 0 radical (unpaired) electrons. The van der Waals surface area contributed by atoms with Gasteiger partial charge in [0, 0.05) is 5.92 Å². The van der Waals surface area contributed by atoms with E-state index in [1.165, 1.54) is 4.90 Å². The number of imide groups is 1. The molecule has 1 heterocycles. The monoisotopic (exact) mass is 463 g/mol. The van der Waals surface area contributed by atoms with Gasteiger partial charge >= 0.3 is 0 Å². The summed E-state index contributed by atoms with van der Waals surface area (Å²) in [7, 11) is 0. The lowest BCUT2D eigenvalue weighted by Gasteiger charge is -2.51. The van der Waals surface area contributed by atoms with Crippen molar-refractivity contribution in [3.63, 3.8) is 0 Å². The van der Waals surface area contributed by atoms with Crippen molar-refractivity contribution >= 4 is 45.0 Å². The largest absolute Gasteiger partial charge is 0.274 e. The quantitative estimate of drug-likeness (QED) is 0.365. The zero-order chi connectivity index (χ0) is 19.9. The van der Waals surface area contributed by atoms with E-state index in [9.17, 15) is 9.59 Å². The number of hydrogen-bond donors (Lipinski definition) is 0. The number of carbonyl (C=O) groups excluding carboxylic acids is 2. The van der Waals surface area contributed by atoms with Gasteiger partial charge in [-0.25, -0.2) is 4.90 Å². The number of para-hydroxylation sites is 1. The first-order chi connectivity index (χ1) is 14.0. The van der Waals surface area contributed by atoms with E-state index in [1.807, 2.05) is 24.3 Å². The van der Waals surface area contributed by atoms with Crippen molar-refractivity contribution in [2.24, 2.45) is 11.8 Å². The van der Waals surface area contributed by atoms with E-state index in [0.717, 1.165) is 22.3 Å². The van der Waals surface area contributed by atoms with Crippen LogP contribution in [0.1, 0.15) is 28.2 Å². The molecule has 1 aliphatic heterocycles. The SMILES string of the molecule is O=C1[C@@H]2C3c4ccccc4C(Br)(c4ccccc43)[C@H]2C(=O)N1c1ccccc1Cl. The van der Waals surface area contributed by atoms with Crippen molar-refractivity contribution in [1.29, 1.82) is 0 Å². The number of carbonyl (C=O) groups is 2. The van der Waals surface area contributed by atoms with Gasteiger partial charge in [-0.2, -0.15) is 0 Å². The molecule has 0 N–H and O–H groups in total. The predicted molar refractivity (Wildman–Crippen MR) is 115 cm³/mol. The molecule has 29 heavy (non-hydrogen) atoms. The van der Waals surface area contributed by atoms with E-state index < -0.39 is 16.2 Å². The Hall–Kier alpha value is -2.43. The van der Waals surface area contributed by atoms with Gasteiger partial charge < -0.3 is 0 Å². The molecule has 5 heteroatoms. The first-order valence-electron chi connectivity index (χ1n) is 9.55. The molecule has 142 valence electrons. The lowest BCUT2D eigenvalue weighted by Crippen LogP contribution is -2.50. The van der Waals surface area contributed by atoms with Crippen LogP contribution >= 0.6 is 27.5 Å². The van der Waals surface area contributed by atoms with Crippen molar-refractivity contribution in [3.8, 4) is 0 Å². The minimum Gasteiger partial charge on any atom is -0.274 e. The molecule has 1 saturated heterocycles. The summed E-state index contributed by atoms with van der Waals surface area (Å²) < 4.78 is -0.734. The first kappa shape index (κ1) is 17.4. The zero-order valence-corrected chi connectivity index (χ0v) is 17.5. The molecule has 0 saturated carbocycles. The number of hydrogen-bond acceptors (Lipinski definition) is 2. The highest BCUT2D eigenvalue weighted by atomic mass is 79.9. The molecule has 2 bridgehead atoms. The van der Waals surface area contributed by atoms with E-state index in [2.05, 4.69) is 40.2 Å². The van der Waals surface area contributed by atoms with Gasteiger partial charge in [0.05, 0.1) is 26.9 Å². The summed E-state index contributed by atoms with van der Waals surface area (Å²) in [5, 5.41) is 0.402. The summed E-state index contributed by atoms with van der Waals surface area (Å²) in [6.45, 7) is 0. The Morgan fingerprint density at radius 3 is 1.97 bits per heavy atom. The standard InChI is InChI=1S/C24H15BrClNO2/c25-24-15-9-3-1-7-13(15)19(14-8-2-4-10-16(14)24)20-21(24)23(29)27(22(20)28)18-12-6-5-11-17(18)26/h1-12,19-21H/t19?,20-,21-,24?/m1/s1. The second kappa shape index (κ2) is 5.80. The van der Waals surface area contributed by atoms with Crippen LogP contribution in [0.4, 0.5) is 5.69 Å². The molecular formula is C24H15BrClNO2. The van der Waals surface area contributed by atoms with Crippen LogP contribution in [-0.4, -0.2) is 11.8 Å². The highest BCUT2D eigenvalue weighted by Gasteiger charge is 2.67. The Kier molecular flexibility index (Phi) is 3.49. The van der Waals surface area contributed by atoms with Crippen LogP contribution in [0.25, 0.3) is 0 Å². The van der Waals surface area contributed by atoms with Crippen molar-refractivity contribution in [2.75, 3.05) is 4.90 Å². The van der Waals surface area contributed by atoms with E-state index in [-0.39, 0.29) is 17.7 Å². The zero-order valence-electron chi connectivity index (χ0n) is 15.2. The average molecular weight is 465 g/mol. The third-order valence-corrected chi connectivity index (χ3v) is 8.27. The number of rotatable bonds is 1. The molecule has 3 aliphatic carbocycles. The third kappa shape index (κ3) is 1.99. The fraction of sp³-hybridized carbons (Fsp3) is 0.167. The predicted octanol–water partition coefficient (Wildman–Crippen LogP) is 5.24. The molecule has 4 aliphatic rings. The van der Waals surface area contributed by atoms with Crippen LogP contribution in [-0.2, 0) is 13.9 Å². The average Bonchev–Trinajstić information content (AvgIpc) is 3.01. The van der Waals surface area contributed by atoms with Crippen LogP contribution in [0.15, 0.2) is 72.8 Å². The number of nitrogens with zero attached hydrogens (tertiary/aromatic N) is 1. The normalized spacial score (nSPS) is 28.9. The van der Waals surface area contributed by atoms with Gasteiger partial charge in [-0.15, -0.1) is 0 Å². The van der Waals surface area contributed by atoms with Gasteiger partial charge in [-0.1, -0.05) is 88.2 Å². The summed E-state index contributed by atoms with van der Waals surface area (Å²) in [5.41, 5.74) is 4.85. The fourth-order valence-electron chi connectivity index (χ4n) is 5.55. The Morgan fingerprint density at radius 2 is 1.34 bits per heavy atom. The van der Waals surface area contributed by atoms with Gasteiger partial charge in [-0.05, 0) is 34.4 Å². The maximum absolute atomic E-state index is 13.7. The van der Waals surface area contributed by atoms with Crippen LogP contribution in [0.2, 0.25) is 5.02 Å². The van der Waals surface area contributed by atoms with Crippen LogP contribution in [0.5, 0.6) is 0 Å². The van der Waals surface area contributed by atoms with Crippen molar-refractivity contribution in [2.45, 2.75) is 10.2 Å². The second-order valence-corrected chi connectivity index (χ2v) is 9.49. The highest BCUT2D eigenvalue weighted by Crippen LogP contribution is 2.66. The maximum Gasteiger partial charge on any atom is 0.239 e. The summed E-state index contributed by atoms with van der Waals surface area (Å²) in [6.07, 6.45) is 0. The van der Waals surface area contributed by atoms with Crippen LogP contribution in [0, 0.1) is 11.8 Å². The Labute approximate surface area is 181 Å². The number of alkyl halides is 1. The maximum atomic E-state index is 13.7. The molecular weight excluding hydrogens is 450 g/mol. The van der Waals surface area contributed by atoms with Crippen molar-refractivity contribution < 1.29 is 9.59 Å². The molecule has 0 spiro atoms. The molecule has 2 amide bonds. The van der Waals surface area contributed by atoms with E-state index >= 15 is 0 Å². The third-order valence-electron chi connectivity index (χ3n) is 6.61. The van der Waals surface area contributed by atoms with Gasteiger partial charge in [0.1, 0.15) is 0 Å². The molecule has 1 fully saturated rings. The summed E-state index contributed by atoms with van der Waals surface area (Å²) >= 11 is 10.4. The van der Waals surface area contributed by atoms with Crippen molar-refractivity contribution in [1.82, 2.24) is 0 Å². The van der Waals surface area contributed by atoms with Crippen LogP contribution < -0.4 is 4.90 Å². The lowest BCUT2D eigenvalue weighted by molar-refractivity contribution is -0.122. The Bertz CT molecular complexity index is 1180. The molecule has 3 nitrogen and oxygen atoms in total. The second-order valence-electron chi connectivity index (χ2n) is 7.83. The number of anilines is 1. The summed E-state index contributed by atoms with van der Waals surface area (Å²) in [5.74, 6) is -1.48. The first-order valence-corrected chi connectivity index (χ1v) is 10.7. The van der Waals surface area contributed by atoms with E-state index in [4.69, 9.17) is 11.6 Å². The molecule has 7 rings (SSSR count). The van der Waals surface area contributed by atoms with E-state index in [0.29, 0.717) is 10.7 Å². The molecule has 0 aromatic heterocycles. The van der Waals surface area contributed by atoms with Crippen LogP contribution in [0.3, 0.4) is 0 Å². The van der Waals surface area contributed by atoms with Crippen molar-refractivity contribution in [3.05, 3.63) is 100 Å². The molecule has 3 aromatic carbocycles. The number of halogens is 2. The van der Waals surface area contributed by atoms with Gasteiger partial charge in [0.2, 0.25) is 11.8 Å². The molecule has 3 aromatic rings. The minimum atomic E-state index is -0.734. The number of benzene rings is 3. The van der Waals surface area contributed by atoms with Gasteiger partial charge in [0.15, 0.2) is 0 Å². The molecule has 2 atom stereocenters. The topological polar surface area (TPSA) is 37.4 Å². The Morgan fingerprint density at radius 1 is 0.793 bits per heavy atom. The smallest absolute Gasteiger partial charge is 0.239 e. The lowest BCUT2D eigenvalue weighted by atomic mass is 9.55. The van der Waals surface area contributed by atoms with Gasteiger partial charge in [-0.3, -0.25) is 9.59 Å². The summed E-state index contributed by atoms with van der Waals surface area (Å²) in [4.78, 5) is 28.7. The fourth-order valence-corrected chi connectivity index (χ4v) is 6.97. The van der Waals surface area contributed by atoms with Gasteiger partial charge in [0.25, 0.3) is 0 Å². The summed E-state index contributed by atoms with van der Waals surface area (Å²) in [6, 6.07) is 23.3.